The molecule has 0 aromatic rings. The molecule has 3 nitrogen and oxygen atoms in total. The number of rotatable bonds is 11. The van der Waals surface area contributed by atoms with Crippen molar-refractivity contribution in [2.75, 3.05) is 27.2 Å². The standard InChI is InChI=1S/C20H35NO2/c1-17(2)9-7-10-18(3)11-8-12-19(4)14-16-23-20(22)13-15-21(5)6/h9,11,14H,7-8,10,12-13,15-16H2,1-6H3/b18-11?,19-14+. The van der Waals surface area contributed by atoms with Crippen molar-refractivity contribution in [2.45, 2.75) is 59.8 Å². The number of allylic oxidation sites excluding steroid dienone is 5. The fourth-order valence-electron chi connectivity index (χ4n) is 2.00. The Hall–Kier alpha value is -1.35. The summed E-state index contributed by atoms with van der Waals surface area (Å²) >= 11 is 0. The Morgan fingerprint density at radius 1 is 0.870 bits per heavy atom. The first-order valence-electron chi connectivity index (χ1n) is 8.56. The molecule has 0 aromatic heterocycles. The van der Waals surface area contributed by atoms with Crippen LogP contribution in [0.5, 0.6) is 0 Å². The van der Waals surface area contributed by atoms with Gasteiger partial charge < -0.3 is 9.64 Å². The van der Waals surface area contributed by atoms with Crippen LogP contribution in [0.25, 0.3) is 0 Å². The third-order valence-corrected chi connectivity index (χ3v) is 3.56. The lowest BCUT2D eigenvalue weighted by molar-refractivity contribution is -0.142. The normalized spacial score (nSPS) is 12.5. The van der Waals surface area contributed by atoms with Crippen molar-refractivity contribution in [3.63, 3.8) is 0 Å². The molecule has 0 unspecified atom stereocenters. The van der Waals surface area contributed by atoms with Gasteiger partial charge in [-0.15, -0.1) is 0 Å². The van der Waals surface area contributed by atoms with Crippen LogP contribution in [0.3, 0.4) is 0 Å². The number of carbonyl (C=O) groups is 1. The molecule has 0 amide bonds. The zero-order valence-corrected chi connectivity index (χ0v) is 15.9. The smallest absolute Gasteiger partial charge is 0.307 e. The molecular weight excluding hydrogens is 286 g/mol. The molecule has 0 saturated carbocycles. The first kappa shape index (κ1) is 21.6. The highest BCUT2D eigenvalue weighted by Gasteiger charge is 2.02. The van der Waals surface area contributed by atoms with E-state index in [-0.39, 0.29) is 5.97 Å². The van der Waals surface area contributed by atoms with Gasteiger partial charge in [0.05, 0.1) is 6.42 Å². The van der Waals surface area contributed by atoms with E-state index < -0.39 is 0 Å². The number of carbonyl (C=O) groups excluding carboxylic acids is 1. The molecule has 0 radical (unpaired) electrons. The second-order valence-corrected chi connectivity index (χ2v) is 6.70. The van der Waals surface area contributed by atoms with Gasteiger partial charge in [0, 0.05) is 6.54 Å². The van der Waals surface area contributed by atoms with E-state index in [1.165, 1.54) is 16.7 Å². The largest absolute Gasteiger partial charge is 0.461 e. The topological polar surface area (TPSA) is 29.5 Å². The van der Waals surface area contributed by atoms with Gasteiger partial charge in [-0.05, 0) is 73.5 Å². The molecule has 23 heavy (non-hydrogen) atoms. The lowest BCUT2D eigenvalue weighted by atomic mass is 10.1. The minimum atomic E-state index is -0.127. The molecule has 0 N–H and O–H groups in total. The summed E-state index contributed by atoms with van der Waals surface area (Å²) in [4.78, 5) is 13.5. The maximum atomic E-state index is 11.5. The molecule has 0 aliphatic carbocycles. The predicted molar refractivity (Wildman–Crippen MR) is 99.5 cm³/mol. The van der Waals surface area contributed by atoms with Crippen molar-refractivity contribution in [3.05, 3.63) is 34.9 Å². The van der Waals surface area contributed by atoms with Crippen molar-refractivity contribution in [2.24, 2.45) is 0 Å². The van der Waals surface area contributed by atoms with Gasteiger partial charge in [-0.25, -0.2) is 0 Å². The third kappa shape index (κ3) is 15.3. The second-order valence-electron chi connectivity index (χ2n) is 6.70. The maximum absolute atomic E-state index is 11.5. The van der Waals surface area contributed by atoms with E-state index in [1.807, 2.05) is 25.1 Å². The van der Waals surface area contributed by atoms with Gasteiger partial charge in [0.2, 0.25) is 0 Å². The van der Waals surface area contributed by atoms with E-state index in [0.717, 1.165) is 32.2 Å². The number of nitrogens with zero attached hydrogens (tertiary/aromatic N) is 1. The van der Waals surface area contributed by atoms with Crippen LogP contribution in [0.2, 0.25) is 0 Å². The van der Waals surface area contributed by atoms with Gasteiger partial charge in [-0.3, -0.25) is 4.79 Å². The Balaban J connectivity index is 3.89. The predicted octanol–water partition coefficient (Wildman–Crippen LogP) is 4.90. The third-order valence-electron chi connectivity index (χ3n) is 3.56. The lowest BCUT2D eigenvalue weighted by Gasteiger charge is -2.08. The zero-order chi connectivity index (χ0) is 17.7. The fraction of sp³-hybridized carbons (Fsp3) is 0.650. The summed E-state index contributed by atoms with van der Waals surface area (Å²) in [6, 6.07) is 0. The number of esters is 1. The molecule has 3 heteroatoms. The van der Waals surface area contributed by atoms with Gasteiger partial charge in [-0.2, -0.15) is 0 Å². The average molecular weight is 322 g/mol. The Kier molecular flexibility index (Phi) is 12.4. The van der Waals surface area contributed by atoms with Gasteiger partial charge in [0.1, 0.15) is 6.61 Å². The Morgan fingerprint density at radius 2 is 1.43 bits per heavy atom. The van der Waals surface area contributed by atoms with E-state index in [0.29, 0.717) is 13.0 Å². The summed E-state index contributed by atoms with van der Waals surface area (Å²) in [6.45, 7) is 9.70. The molecule has 0 aliphatic heterocycles. The Labute approximate surface area is 143 Å². The molecular formula is C20H35NO2. The highest BCUT2D eigenvalue weighted by Crippen LogP contribution is 2.11. The fourth-order valence-corrected chi connectivity index (χ4v) is 2.00. The van der Waals surface area contributed by atoms with E-state index in [2.05, 4.69) is 39.8 Å². The summed E-state index contributed by atoms with van der Waals surface area (Å²) in [5.74, 6) is -0.127. The SMILES string of the molecule is CC(C)=CCCC(C)=CCC/C(C)=C/COC(=O)CCN(C)C. The second kappa shape index (κ2) is 13.1. The summed E-state index contributed by atoms with van der Waals surface area (Å²) in [6.07, 6.45) is 11.4. The minimum Gasteiger partial charge on any atom is -0.461 e. The zero-order valence-electron chi connectivity index (χ0n) is 15.9. The minimum absolute atomic E-state index is 0.127. The summed E-state index contributed by atoms with van der Waals surface area (Å²) in [5, 5.41) is 0. The van der Waals surface area contributed by atoms with Crippen molar-refractivity contribution < 1.29 is 9.53 Å². The number of hydrogen-bond acceptors (Lipinski definition) is 3. The maximum Gasteiger partial charge on any atom is 0.307 e. The summed E-state index contributed by atoms with van der Waals surface area (Å²) < 4.78 is 5.20. The van der Waals surface area contributed by atoms with Crippen molar-refractivity contribution in [1.82, 2.24) is 4.90 Å². The quantitative estimate of drug-likeness (QED) is 0.400. The van der Waals surface area contributed by atoms with Crippen LogP contribution < -0.4 is 0 Å². The molecule has 132 valence electrons. The monoisotopic (exact) mass is 321 g/mol. The molecule has 0 aromatic carbocycles. The van der Waals surface area contributed by atoms with Crippen LogP contribution in [0.15, 0.2) is 34.9 Å². The van der Waals surface area contributed by atoms with Crippen LogP contribution >= 0.6 is 0 Å². The number of ether oxygens (including phenoxy) is 1. The Bertz CT molecular complexity index is 427. The van der Waals surface area contributed by atoms with E-state index in [4.69, 9.17) is 4.74 Å². The number of hydrogen-bond donors (Lipinski definition) is 0. The summed E-state index contributed by atoms with van der Waals surface area (Å²) in [5.41, 5.74) is 4.11. The van der Waals surface area contributed by atoms with Crippen LogP contribution in [0.1, 0.15) is 59.8 Å². The lowest BCUT2D eigenvalue weighted by Crippen LogP contribution is -2.18. The molecule has 0 bridgehead atoms. The highest BCUT2D eigenvalue weighted by molar-refractivity contribution is 5.69. The molecule has 0 spiro atoms. The van der Waals surface area contributed by atoms with Crippen molar-refractivity contribution in [1.29, 1.82) is 0 Å². The molecule has 0 fully saturated rings. The molecule has 0 aliphatic rings. The average Bonchev–Trinajstić information content (AvgIpc) is 2.44. The van der Waals surface area contributed by atoms with Crippen LogP contribution in [-0.4, -0.2) is 38.1 Å². The Morgan fingerprint density at radius 3 is 2.00 bits per heavy atom. The molecule has 0 saturated heterocycles. The first-order chi connectivity index (χ1) is 10.8. The van der Waals surface area contributed by atoms with Crippen LogP contribution in [0, 0.1) is 0 Å². The van der Waals surface area contributed by atoms with Crippen LogP contribution in [0.4, 0.5) is 0 Å². The molecule has 0 rings (SSSR count). The van der Waals surface area contributed by atoms with E-state index in [9.17, 15) is 4.79 Å². The van der Waals surface area contributed by atoms with Gasteiger partial charge in [0.25, 0.3) is 0 Å². The summed E-state index contributed by atoms with van der Waals surface area (Å²) in [7, 11) is 3.90. The van der Waals surface area contributed by atoms with Crippen LogP contribution in [-0.2, 0) is 9.53 Å². The first-order valence-corrected chi connectivity index (χ1v) is 8.56. The van der Waals surface area contributed by atoms with Gasteiger partial charge >= 0.3 is 5.97 Å². The highest BCUT2D eigenvalue weighted by atomic mass is 16.5. The van der Waals surface area contributed by atoms with E-state index in [1.54, 1.807) is 0 Å². The van der Waals surface area contributed by atoms with Gasteiger partial charge in [0.15, 0.2) is 0 Å². The van der Waals surface area contributed by atoms with E-state index >= 15 is 0 Å². The molecule has 0 atom stereocenters. The van der Waals surface area contributed by atoms with Crippen molar-refractivity contribution in [3.8, 4) is 0 Å². The van der Waals surface area contributed by atoms with Crippen molar-refractivity contribution >= 4 is 5.97 Å². The molecule has 0 heterocycles. The van der Waals surface area contributed by atoms with Gasteiger partial charge in [-0.1, -0.05) is 28.9 Å².